The zero-order valence-corrected chi connectivity index (χ0v) is 13.8. The number of hydrogen-bond acceptors (Lipinski definition) is 2. The summed E-state index contributed by atoms with van der Waals surface area (Å²) in [6, 6.07) is 8.96. The summed E-state index contributed by atoms with van der Waals surface area (Å²) in [5.74, 6) is 0.135. The van der Waals surface area contributed by atoms with E-state index in [-0.39, 0.29) is 5.82 Å². The van der Waals surface area contributed by atoms with Gasteiger partial charge in [-0.3, -0.25) is 0 Å². The van der Waals surface area contributed by atoms with E-state index in [1.807, 2.05) is 26.0 Å². The SMILES string of the molecule is Cc1ccc(-c2nc(Cl)c3cc(Br)c(F)cc3n2)c(C)c1. The number of fused-ring (bicyclic) bond motifs is 1. The highest BCUT2D eigenvalue weighted by Crippen LogP contribution is 2.30. The largest absolute Gasteiger partial charge is 0.228 e. The third-order valence-corrected chi connectivity index (χ3v) is 4.21. The van der Waals surface area contributed by atoms with Gasteiger partial charge in [-0.1, -0.05) is 35.4 Å². The highest BCUT2D eigenvalue weighted by molar-refractivity contribution is 9.10. The van der Waals surface area contributed by atoms with E-state index < -0.39 is 0 Å². The number of nitrogens with zero attached hydrogens (tertiary/aromatic N) is 2. The molecule has 0 atom stereocenters. The van der Waals surface area contributed by atoms with Crippen LogP contribution in [0.5, 0.6) is 0 Å². The van der Waals surface area contributed by atoms with Crippen LogP contribution in [0, 0.1) is 19.7 Å². The van der Waals surface area contributed by atoms with Crippen molar-refractivity contribution in [1.82, 2.24) is 9.97 Å². The van der Waals surface area contributed by atoms with E-state index in [2.05, 4.69) is 32.0 Å². The first-order valence-electron chi connectivity index (χ1n) is 6.35. The van der Waals surface area contributed by atoms with E-state index in [1.165, 1.54) is 6.07 Å². The molecule has 0 amide bonds. The van der Waals surface area contributed by atoms with Crippen LogP contribution in [-0.4, -0.2) is 9.97 Å². The minimum absolute atomic E-state index is 0.315. The average Bonchev–Trinajstić information content (AvgIpc) is 2.41. The molecular formula is C16H11BrClFN2. The van der Waals surface area contributed by atoms with Gasteiger partial charge in [-0.25, -0.2) is 14.4 Å². The quantitative estimate of drug-likeness (QED) is 0.534. The molecule has 1 heterocycles. The minimum atomic E-state index is -0.371. The molecule has 0 aliphatic rings. The normalized spacial score (nSPS) is 11.1. The van der Waals surface area contributed by atoms with Crippen molar-refractivity contribution in [1.29, 1.82) is 0 Å². The molecule has 0 saturated carbocycles. The van der Waals surface area contributed by atoms with Gasteiger partial charge in [0.1, 0.15) is 11.0 Å². The van der Waals surface area contributed by atoms with Gasteiger partial charge in [0.25, 0.3) is 0 Å². The first-order chi connectivity index (χ1) is 9.95. The molecule has 3 rings (SSSR count). The molecule has 21 heavy (non-hydrogen) atoms. The van der Waals surface area contributed by atoms with Crippen LogP contribution in [0.3, 0.4) is 0 Å². The van der Waals surface area contributed by atoms with E-state index in [1.54, 1.807) is 6.07 Å². The third kappa shape index (κ3) is 2.65. The first kappa shape index (κ1) is 14.4. The number of rotatable bonds is 1. The van der Waals surface area contributed by atoms with Gasteiger partial charge in [-0.15, -0.1) is 0 Å². The van der Waals surface area contributed by atoms with Crippen molar-refractivity contribution in [3.63, 3.8) is 0 Å². The molecule has 0 aliphatic heterocycles. The van der Waals surface area contributed by atoms with Crippen LogP contribution in [-0.2, 0) is 0 Å². The summed E-state index contributed by atoms with van der Waals surface area (Å²) < 4.78 is 14.0. The average molecular weight is 366 g/mol. The molecule has 0 N–H and O–H groups in total. The third-order valence-electron chi connectivity index (χ3n) is 3.31. The van der Waals surface area contributed by atoms with Gasteiger partial charge in [0, 0.05) is 17.0 Å². The molecule has 0 unspecified atom stereocenters. The monoisotopic (exact) mass is 364 g/mol. The Bertz CT molecular complexity index is 865. The Morgan fingerprint density at radius 2 is 1.86 bits per heavy atom. The van der Waals surface area contributed by atoms with Crippen molar-refractivity contribution in [3.8, 4) is 11.4 Å². The molecule has 0 spiro atoms. The second-order valence-electron chi connectivity index (χ2n) is 4.94. The predicted molar refractivity (Wildman–Crippen MR) is 87.1 cm³/mol. The maximum Gasteiger partial charge on any atom is 0.161 e. The second kappa shape index (κ2) is 5.35. The van der Waals surface area contributed by atoms with E-state index in [0.29, 0.717) is 26.4 Å². The van der Waals surface area contributed by atoms with Crippen molar-refractivity contribution in [3.05, 3.63) is 56.9 Å². The molecule has 2 nitrogen and oxygen atoms in total. The smallest absolute Gasteiger partial charge is 0.161 e. The molecular weight excluding hydrogens is 355 g/mol. The molecule has 5 heteroatoms. The molecule has 2 aromatic carbocycles. The summed E-state index contributed by atoms with van der Waals surface area (Å²) in [7, 11) is 0. The Morgan fingerprint density at radius 1 is 1.10 bits per heavy atom. The molecule has 0 bridgehead atoms. The lowest BCUT2D eigenvalue weighted by molar-refractivity contribution is 0.623. The number of aryl methyl sites for hydroxylation is 2. The summed E-state index contributed by atoms with van der Waals surface area (Å²) >= 11 is 9.37. The summed E-state index contributed by atoms with van der Waals surface area (Å²) in [6.45, 7) is 4.02. The van der Waals surface area contributed by atoms with Gasteiger partial charge in [0.05, 0.1) is 9.99 Å². The molecule has 0 aliphatic carbocycles. The highest BCUT2D eigenvalue weighted by Gasteiger charge is 2.12. The second-order valence-corrected chi connectivity index (χ2v) is 6.15. The zero-order chi connectivity index (χ0) is 15.1. The van der Waals surface area contributed by atoms with Crippen molar-refractivity contribution < 1.29 is 4.39 Å². The first-order valence-corrected chi connectivity index (χ1v) is 7.53. The van der Waals surface area contributed by atoms with Crippen molar-refractivity contribution in [2.75, 3.05) is 0 Å². The van der Waals surface area contributed by atoms with Crippen molar-refractivity contribution in [2.24, 2.45) is 0 Å². The highest BCUT2D eigenvalue weighted by atomic mass is 79.9. The standard InChI is InChI=1S/C16H11BrClFN2/c1-8-3-4-10(9(2)5-8)16-20-14-7-13(19)12(17)6-11(14)15(18)21-16/h3-7H,1-2H3. The molecule has 0 saturated heterocycles. The maximum atomic E-state index is 13.7. The van der Waals surface area contributed by atoms with Crippen LogP contribution in [0.4, 0.5) is 4.39 Å². The molecule has 1 aromatic heterocycles. The fourth-order valence-electron chi connectivity index (χ4n) is 2.27. The molecule has 0 radical (unpaired) electrons. The van der Waals surface area contributed by atoms with Gasteiger partial charge >= 0.3 is 0 Å². The molecule has 0 fully saturated rings. The van der Waals surface area contributed by atoms with Crippen LogP contribution in [0.2, 0.25) is 5.15 Å². The van der Waals surface area contributed by atoms with Crippen LogP contribution in [0.1, 0.15) is 11.1 Å². The Hall–Kier alpha value is -1.52. The van der Waals surface area contributed by atoms with E-state index in [0.717, 1.165) is 16.7 Å². The Morgan fingerprint density at radius 3 is 2.57 bits per heavy atom. The zero-order valence-electron chi connectivity index (χ0n) is 11.4. The Balaban J connectivity index is 2.27. The fourth-order valence-corrected chi connectivity index (χ4v) is 2.85. The number of halogens is 3. The van der Waals surface area contributed by atoms with Gasteiger partial charge < -0.3 is 0 Å². The lowest BCUT2D eigenvalue weighted by atomic mass is 10.1. The van der Waals surface area contributed by atoms with Crippen LogP contribution < -0.4 is 0 Å². The van der Waals surface area contributed by atoms with Crippen molar-refractivity contribution in [2.45, 2.75) is 13.8 Å². The van der Waals surface area contributed by atoms with Crippen LogP contribution in [0.25, 0.3) is 22.3 Å². The van der Waals surface area contributed by atoms with E-state index in [4.69, 9.17) is 11.6 Å². The minimum Gasteiger partial charge on any atom is -0.228 e. The van der Waals surface area contributed by atoms with Crippen molar-refractivity contribution >= 4 is 38.4 Å². The van der Waals surface area contributed by atoms with Gasteiger partial charge in [-0.2, -0.15) is 0 Å². The summed E-state index contributed by atoms with van der Waals surface area (Å²) in [6.07, 6.45) is 0. The number of benzene rings is 2. The van der Waals surface area contributed by atoms with Gasteiger partial charge in [0.2, 0.25) is 0 Å². The lowest BCUT2D eigenvalue weighted by Gasteiger charge is -2.08. The van der Waals surface area contributed by atoms with Crippen LogP contribution >= 0.6 is 27.5 Å². The summed E-state index contributed by atoms with van der Waals surface area (Å²) in [4.78, 5) is 8.79. The number of aromatic nitrogens is 2. The summed E-state index contributed by atoms with van der Waals surface area (Å²) in [5, 5.41) is 0.939. The molecule has 3 aromatic rings. The van der Waals surface area contributed by atoms with E-state index in [9.17, 15) is 4.39 Å². The van der Waals surface area contributed by atoms with Gasteiger partial charge in [-0.05, 0) is 41.4 Å². The summed E-state index contributed by atoms with van der Waals surface area (Å²) in [5.41, 5.74) is 3.61. The molecule has 106 valence electrons. The van der Waals surface area contributed by atoms with Gasteiger partial charge in [0.15, 0.2) is 5.82 Å². The number of hydrogen-bond donors (Lipinski definition) is 0. The topological polar surface area (TPSA) is 25.8 Å². The maximum absolute atomic E-state index is 13.7. The van der Waals surface area contributed by atoms with E-state index >= 15 is 0 Å². The predicted octanol–water partition coefficient (Wildman–Crippen LogP) is 5.47. The Labute approximate surface area is 135 Å². The lowest BCUT2D eigenvalue weighted by Crippen LogP contribution is -1.95. The van der Waals surface area contributed by atoms with Crippen LogP contribution in [0.15, 0.2) is 34.8 Å². The Kier molecular flexibility index (Phi) is 3.68. The fraction of sp³-hybridized carbons (Fsp3) is 0.125.